The predicted molar refractivity (Wildman–Crippen MR) is 55.6 cm³/mol. The third-order valence-corrected chi connectivity index (χ3v) is 2.49. The van der Waals surface area contributed by atoms with Crippen LogP contribution in [-0.4, -0.2) is 28.7 Å². The summed E-state index contributed by atoms with van der Waals surface area (Å²) in [7, 11) is 0. The number of hydrogen-bond donors (Lipinski definition) is 3. The fourth-order valence-corrected chi connectivity index (χ4v) is 1.50. The number of amides is 2. The Balaban J connectivity index is 2.31. The molecule has 1 aliphatic carbocycles. The molecule has 0 aromatic rings. The van der Waals surface area contributed by atoms with Gasteiger partial charge in [0.25, 0.3) is 0 Å². The molecule has 1 saturated carbocycles. The predicted octanol–water partition coefficient (Wildman–Crippen LogP) is 1.09. The monoisotopic (exact) mass is 214 g/mol. The molecule has 0 radical (unpaired) electrons. The molecule has 0 atom stereocenters. The molecule has 1 fully saturated rings. The first kappa shape index (κ1) is 11.8. The molecule has 86 valence electrons. The summed E-state index contributed by atoms with van der Waals surface area (Å²) in [4.78, 5) is 21.9. The Morgan fingerprint density at radius 1 is 1.40 bits per heavy atom. The lowest BCUT2D eigenvalue weighted by Crippen LogP contribution is -2.53. The maximum Gasteiger partial charge on any atom is 0.315 e. The number of urea groups is 1. The maximum absolute atomic E-state index is 11.4. The minimum Gasteiger partial charge on any atom is -0.481 e. The van der Waals surface area contributed by atoms with Crippen molar-refractivity contribution in [2.75, 3.05) is 0 Å². The van der Waals surface area contributed by atoms with Gasteiger partial charge in [-0.15, -0.1) is 0 Å². The maximum atomic E-state index is 11.4. The van der Waals surface area contributed by atoms with Crippen LogP contribution >= 0.6 is 0 Å². The molecule has 0 saturated heterocycles. The van der Waals surface area contributed by atoms with Crippen LogP contribution in [0.2, 0.25) is 0 Å². The Bertz CT molecular complexity index is 259. The van der Waals surface area contributed by atoms with E-state index in [0.29, 0.717) is 0 Å². The zero-order chi connectivity index (χ0) is 11.5. The van der Waals surface area contributed by atoms with Gasteiger partial charge in [0, 0.05) is 11.6 Å². The highest BCUT2D eigenvalue weighted by Gasteiger charge is 2.26. The molecule has 1 aliphatic rings. The molecule has 0 aromatic carbocycles. The summed E-state index contributed by atoms with van der Waals surface area (Å²) in [5, 5.41) is 14.1. The SMILES string of the molecule is CC(C)(CC(=O)O)NC(=O)NC1CCC1. The van der Waals surface area contributed by atoms with Gasteiger partial charge < -0.3 is 15.7 Å². The van der Waals surface area contributed by atoms with E-state index in [-0.39, 0.29) is 18.5 Å². The van der Waals surface area contributed by atoms with Gasteiger partial charge in [-0.2, -0.15) is 0 Å². The van der Waals surface area contributed by atoms with Crippen molar-refractivity contribution in [3.05, 3.63) is 0 Å². The number of carboxylic acids is 1. The number of nitrogens with one attached hydrogen (secondary N) is 2. The molecule has 5 nitrogen and oxygen atoms in total. The van der Waals surface area contributed by atoms with Crippen molar-refractivity contribution in [2.24, 2.45) is 0 Å². The van der Waals surface area contributed by atoms with E-state index in [1.165, 1.54) is 0 Å². The van der Waals surface area contributed by atoms with E-state index in [2.05, 4.69) is 10.6 Å². The van der Waals surface area contributed by atoms with Gasteiger partial charge in [0.15, 0.2) is 0 Å². The van der Waals surface area contributed by atoms with Crippen LogP contribution in [0.15, 0.2) is 0 Å². The molecule has 15 heavy (non-hydrogen) atoms. The zero-order valence-electron chi connectivity index (χ0n) is 9.17. The summed E-state index contributed by atoms with van der Waals surface area (Å²) >= 11 is 0. The van der Waals surface area contributed by atoms with Crippen molar-refractivity contribution in [1.82, 2.24) is 10.6 Å². The average Bonchev–Trinajstić information content (AvgIpc) is 1.92. The highest BCUT2D eigenvalue weighted by atomic mass is 16.4. The number of rotatable bonds is 4. The van der Waals surface area contributed by atoms with E-state index < -0.39 is 11.5 Å². The molecule has 5 heteroatoms. The van der Waals surface area contributed by atoms with Gasteiger partial charge in [0.2, 0.25) is 0 Å². The number of hydrogen-bond acceptors (Lipinski definition) is 2. The van der Waals surface area contributed by atoms with Crippen molar-refractivity contribution < 1.29 is 14.7 Å². The van der Waals surface area contributed by atoms with E-state index in [4.69, 9.17) is 5.11 Å². The van der Waals surface area contributed by atoms with Crippen LogP contribution in [0.5, 0.6) is 0 Å². The molecule has 0 unspecified atom stereocenters. The largest absolute Gasteiger partial charge is 0.481 e. The summed E-state index contributed by atoms with van der Waals surface area (Å²) in [5.74, 6) is -0.913. The normalized spacial score (nSPS) is 16.7. The third kappa shape index (κ3) is 4.18. The number of aliphatic carboxylic acids is 1. The van der Waals surface area contributed by atoms with Crippen LogP contribution in [0.1, 0.15) is 39.5 Å². The molecule has 0 spiro atoms. The van der Waals surface area contributed by atoms with E-state index in [1.807, 2.05) is 0 Å². The Morgan fingerprint density at radius 2 is 2.00 bits per heavy atom. The minimum absolute atomic E-state index is 0.0783. The van der Waals surface area contributed by atoms with Crippen LogP contribution in [0, 0.1) is 0 Å². The van der Waals surface area contributed by atoms with Gasteiger partial charge >= 0.3 is 12.0 Å². The molecule has 2 amide bonds. The van der Waals surface area contributed by atoms with Crippen molar-refractivity contribution in [1.29, 1.82) is 0 Å². The van der Waals surface area contributed by atoms with E-state index in [1.54, 1.807) is 13.8 Å². The second-order valence-electron chi connectivity index (χ2n) is 4.68. The Morgan fingerprint density at radius 3 is 2.40 bits per heavy atom. The topological polar surface area (TPSA) is 78.4 Å². The summed E-state index contributed by atoms with van der Waals surface area (Å²) in [6.07, 6.45) is 3.12. The smallest absolute Gasteiger partial charge is 0.315 e. The third-order valence-electron chi connectivity index (χ3n) is 2.49. The second-order valence-corrected chi connectivity index (χ2v) is 4.68. The quantitative estimate of drug-likeness (QED) is 0.655. The molecule has 0 aliphatic heterocycles. The number of carboxylic acid groups (broad SMARTS) is 1. The average molecular weight is 214 g/mol. The molecule has 0 aromatic heterocycles. The highest BCUT2D eigenvalue weighted by molar-refractivity contribution is 5.76. The Hall–Kier alpha value is -1.26. The van der Waals surface area contributed by atoms with Crippen molar-refractivity contribution in [3.8, 4) is 0 Å². The standard InChI is InChI=1S/C10H18N2O3/c1-10(2,6-8(13)14)12-9(15)11-7-4-3-5-7/h7H,3-6H2,1-2H3,(H,13,14)(H2,11,12,15). The van der Waals surface area contributed by atoms with E-state index >= 15 is 0 Å². The van der Waals surface area contributed by atoms with Crippen LogP contribution < -0.4 is 10.6 Å². The summed E-state index contributed by atoms with van der Waals surface area (Å²) in [5.41, 5.74) is -0.709. The molecule has 1 rings (SSSR count). The van der Waals surface area contributed by atoms with Gasteiger partial charge in [-0.25, -0.2) is 4.79 Å². The lowest BCUT2D eigenvalue weighted by molar-refractivity contribution is -0.138. The molecular weight excluding hydrogens is 196 g/mol. The highest BCUT2D eigenvalue weighted by Crippen LogP contribution is 2.18. The van der Waals surface area contributed by atoms with Crippen LogP contribution in [0.25, 0.3) is 0 Å². The molecule has 0 heterocycles. The summed E-state index contributed by atoms with van der Waals surface area (Å²) in [6.45, 7) is 3.39. The zero-order valence-corrected chi connectivity index (χ0v) is 9.17. The van der Waals surface area contributed by atoms with Crippen molar-refractivity contribution in [2.45, 2.75) is 51.1 Å². The van der Waals surface area contributed by atoms with Gasteiger partial charge in [-0.05, 0) is 33.1 Å². The van der Waals surface area contributed by atoms with Gasteiger partial charge in [-0.1, -0.05) is 0 Å². The van der Waals surface area contributed by atoms with Gasteiger partial charge in [0.1, 0.15) is 0 Å². The second kappa shape index (κ2) is 4.51. The van der Waals surface area contributed by atoms with Gasteiger partial charge in [0.05, 0.1) is 6.42 Å². The molecule has 0 bridgehead atoms. The number of carbonyl (C=O) groups is 2. The minimum atomic E-state index is -0.913. The number of carbonyl (C=O) groups excluding carboxylic acids is 1. The first-order valence-electron chi connectivity index (χ1n) is 5.19. The Kier molecular flexibility index (Phi) is 3.55. The summed E-state index contributed by atoms with van der Waals surface area (Å²) < 4.78 is 0. The van der Waals surface area contributed by atoms with Crippen molar-refractivity contribution in [3.63, 3.8) is 0 Å². The Labute approximate surface area is 89.2 Å². The lowest BCUT2D eigenvalue weighted by Gasteiger charge is -2.30. The first-order valence-corrected chi connectivity index (χ1v) is 5.19. The fourth-order valence-electron chi connectivity index (χ4n) is 1.50. The first-order chi connectivity index (χ1) is 6.89. The van der Waals surface area contributed by atoms with Gasteiger partial charge in [-0.3, -0.25) is 4.79 Å². The van der Waals surface area contributed by atoms with E-state index in [0.717, 1.165) is 19.3 Å². The van der Waals surface area contributed by atoms with Crippen LogP contribution in [0.3, 0.4) is 0 Å². The molecular formula is C10H18N2O3. The van der Waals surface area contributed by atoms with E-state index in [9.17, 15) is 9.59 Å². The summed E-state index contributed by atoms with van der Waals surface area (Å²) in [6, 6.07) is -0.00317. The molecule has 3 N–H and O–H groups in total. The van der Waals surface area contributed by atoms with Crippen molar-refractivity contribution >= 4 is 12.0 Å². The van der Waals surface area contributed by atoms with Crippen LogP contribution in [0.4, 0.5) is 4.79 Å². The lowest BCUT2D eigenvalue weighted by atomic mass is 9.93. The fraction of sp³-hybridized carbons (Fsp3) is 0.800. The van der Waals surface area contributed by atoms with Crippen LogP contribution in [-0.2, 0) is 4.79 Å².